The lowest BCUT2D eigenvalue weighted by Crippen LogP contribution is -2.57. The minimum atomic E-state index is -0.607. The molecule has 1 aromatic heterocycles. The third-order valence-electron chi connectivity index (χ3n) is 5.63. The highest BCUT2D eigenvalue weighted by molar-refractivity contribution is 6.30. The summed E-state index contributed by atoms with van der Waals surface area (Å²) in [7, 11) is 0. The van der Waals surface area contributed by atoms with E-state index in [0.29, 0.717) is 13.1 Å². The van der Waals surface area contributed by atoms with Crippen LogP contribution in [0.15, 0.2) is 30.6 Å². The fourth-order valence-corrected chi connectivity index (χ4v) is 4.27. The topological polar surface area (TPSA) is 67.2 Å². The molecule has 0 N–H and O–H groups in total. The van der Waals surface area contributed by atoms with Gasteiger partial charge in [0.1, 0.15) is 11.9 Å². The SMILES string of the molecule is O=C(N1CCN(c2ccc(Cl)cc2)CC1)C1(n2cnnn2)CCCCC1. The Hall–Kier alpha value is -2.15. The van der Waals surface area contributed by atoms with Gasteiger partial charge in [-0.1, -0.05) is 30.9 Å². The second-order valence-corrected chi connectivity index (χ2v) is 7.54. The van der Waals surface area contributed by atoms with Crippen molar-refractivity contribution in [3.63, 3.8) is 0 Å². The van der Waals surface area contributed by atoms with E-state index in [1.807, 2.05) is 29.2 Å². The van der Waals surface area contributed by atoms with Crippen LogP contribution in [0.4, 0.5) is 5.69 Å². The lowest BCUT2D eigenvalue weighted by molar-refractivity contribution is -0.144. The average molecular weight is 375 g/mol. The second-order valence-electron chi connectivity index (χ2n) is 7.10. The molecule has 2 aliphatic rings. The third kappa shape index (κ3) is 3.16. The molecule has 2 aromatic rings. The fourth-order valence-electron chi connectivity index (χ4n) is 4.15. The predicted octanol–water partition coefficient (Wildman–Crippen LogP) is 2.33. The third-order valence-corrected chi connectivity index (χ3v) is 5.88. The molecule has 0 atom stereocenters. The van der Waals surface area contributed by atoms with Crippen LogP contribution in [0.5, 0.6) is 0 Å². The fraction of sp³-hybridized carbons (Fsp3) is 0.556. The smallest absolute Gasteiger partial charge is 0.250 e. The first-order chi connectivity index (χ1) is 12.7. The van der Waals surface area contributed by atoms with Crippen molar-refractivity contribution in [2.45, 2.75) is 37.6 Å². The van der Waals surface area contributed by atoms with Gasteiger partial charge in [0.15, 0.2) is 0 Å². The predicted molar refractivity (Wildman–Crippen MR) is 99.1 cm³/mol. The molecule has 4 rings (SSSR count). The summed E-state index contributed by atoms with van der Waals surface area (Å²) in [6, 6.07) is 7.87. The highest BCUT2D eigenvalue weighted by Crippen LogP contribution is 2.36. The largest absolute Gasteiger partial charge is 0.368 e. The highest BCUT2D eigenvalue weighted by Gasteiger charge is 2.45. The molecule has 0 unspecified atom stereocenters. The number of carbonyl (C=O) groups excluding carboxylic acids is 1. The maximum Gasteiger partial charge on any atom is 0.250 e. The normalized spacial score (nSPS) is 20.2. The van der Waals surface area contributed by atoms with Crippen molar-refractivity contribution < 1.29 is 4.79 Å². The van der Waals surface area contributed by atoms with E-state index in [2.05, 4.69) is 20.4 Å². The molecular formula is C18H23ClN6O. The first-order valence-corrected chi connectivity index (χ1v) is 9.60. The van der Waals surface area contributed by atoms with Gasteiger partial charge < -0.3 is 9.80 Å². The Morgan fingerprint density at radius 3 is 2.31 bits per heavy atom. The monoisotopic (exact) mass is 374 g/mol. The lowest BCUT2D eigenvalue weighted by Gasteiger charge is -2.42. The average Bonchev–Trinajstić information content (AvgIpc) is 3.24. The molecule has 1 aliphatic carbocycles. The van der Waals surface area contributed by atoms with Gasteiger partial charge in [-0.15, -0.1) is 5.10 Å². The van der Waals surface area contributed by atoms with Crippen LogP contribution < -0.4 is 4.90 Å². The minimum Gasteiger partial charge on any atom is -0.368 e. The van der Waals surface area contributed by atoms with Gasteiger partial charge in [0.25, 0.3) is 5.91 Å². The van der Waals surface area contributed by atoms with Crippen LogP contribution in [0.25, 0.3) is 0 Å². The molecule has 1 aliphatic heterocycles. The molecule has 8 heteroatoms. The van der Waals surface area contributed by atoms with E-state index in [0.717, 1.165) is 49.5 Å². The van der Waals surface area contributed by atoms with Gasteiger partial charge in [0, 0.05) is 36.9 Å². The van der Waals surface area contributed by atoms with Gasteiger partial charge in [0.05, 0.1) is 0 Å². The van der Waals surface area contributed by atoms with Crippen LogP contribution >= 0.6 is 11.6 Å². The number of rotatable bonds is 3. The van der Waals surface area contributed by atoms with Crippen LogP contribution in [0.3, 0.4) is 0 Å². The summed E-state index contributed by atoms with van der Waals surface area (Å²) in [5, 5.41) is 12.4. The summed E-state index contributed by atoms with van der Waals surface area (Å²) in [4.78, 5) is 17.7. The summed E-state index contributed by atoms with van der Waals surface area (Å²) in [6.45, 7) is 3.06. The molecule has 1 aromatic carbocycles. The van der Waals surface area contributed by atoms with E-state index in [9.17, 15) is 4.79 Å². The number of aromatic nitrogens is 4. The van der Waals surface area contributed by atoms with Gasteiger partial charge in [-0.05, 0) is 47.5 Å². The number of carbonyl (C=O) groups is 1. The van der Waals surface area contributed by atoms with Crippen LogP contribution in [-0.2, 0) is 10.3 Å². The number of benzene rings is 1. The summed E-state index contributed by atoms with van der Waals surface area (Å²) in [5.74, 6) is 0.167. The molecule has 0 spiro atoms. The molecule has 138 valence electrons. The summed E-state index contributed by atoms with van der Waals surface area (Å²) >= 11 is 5.98. The van der Waals surface area contributed by atoms with Crippen LogP contribution in [0, 0.1) is 0 Å². The van der Waals surface area contributed by atoms with Gasteiger partial charge in [0.2, 0.25) is 0 Å². The Kier molecular flexibility index (Phi) is 4.80. The zero-order valence-corrected chi connectivity index (χ0v) is 15.5. The second kappa shape index (κ2) is 7.23. The first-order valence-electron chi connectivity index (χ1n) is 9.22. The summed E-state index contributed by atoms with van der Waals surface area (Å²) < 4.78 is 1.69. The van der Waals surface area contributed by atoms with Crippen LogP contribution in [0.2, 0.25) is 5.02 Å². The lowest BCUT2D eigenvalue weighted by atomic mass is 9.80. The number of anilines is 1. The van der Waals surface area contributed by atoms with Crippen molar-refractivity contribution >= 4 is 23.2 Å². The van der Waals surface area contributed by atoms with Crippen LogP contribution in [0.1, 0.15) is 32.1 Å². The molecule has 0 radical (unpaired) electrons. The molecule has 1 saturated heterocycles. The zero-order valence-electron chi connectivity index (χ0n) is 14.7. The minimum absolute atomic E-state index is 0.167. The number of hydrogen-bond acceptors (Lipinski definition) is 5. The highest BCUT2D eigenvalue weighted by atomic mass is 35.5. The van der Waals surface area contributed by atoms with Gasteiger partial charge in [-0.3, -0.25) is 4.79 Å². The van der Waals surface area contributed by atoms with E-state index < -0.39 is 5.54 Å². The van der Waals surface area contributed by atoms with E-state index in [-0.39, 0.29) is 5.91 Å². The van der Waals surface area contributed by atoms with E-state index >= 15 is 0 Å². The molecule has 0 bridgehead atoms. The molecule has 2 heterocycles. The van der Waals surface area contributed by atoms with Gasteiger partial charge in [-0.25, -0.2) is 4.68 Å². The van der Waals surface area contributed by atoms with Crippen molar-refractivity contribution in [3.05, 3.63) is 35.6 Å². The van der Waals surface area contributed by atoms with E-state index in [4.69, 9.17) is 11.6 Å². The number of hydrogen-bond donors (Lipinski definition) is 0. The van der Waals surface area contributed by atoms with Gasteiger partial charge in [-0.2, -0.15) is 0 Å². The van der Waals surface area contributed by atoms with Crippen molar-refractivity contribution in [1.82, 2.24) is 25.1 Å². The van der Waals surface area contributed by atoms with E-state index in [1.165, 1.54) is 6.42 Å². The Morgan fingerprint density at radius 1 is 1.00 bits per heavy atom. The van der Waals surface area contributed by atoms with Crippen molar-refractivity contribution in [2.24, 2.45) is 0 Å². The Bertz CT molecular complexity index is 734. The van der Waals surface area contributed by atoms with Crippen molar-refractivity contribution in [2.75, 3.05) is 31.1 Å². The Morgan fingerprint density at radius 2 is 1.69 bits per heavy atom. The molecule has 1 saturated carbocycles. The molecule has 7 nitrogen and oxygen atoms in total. The number of nitrogens with zero attached hydrogens (tertiary/aromatic N) is 6. The first kappa shape index (κ1) is 17.3. The molecule has 26 heavy (non-hydrogen) atoms. The molecule has 2 fully saturated rings. The number of tetrazole rings is 1. The zero-order chi connectivity index (χ0) is 18.0. The van der Waals surface area contributed by atoms with Crippen molar-refractivity contribution in [1.29, 1.82) is 0 Å². The summed E-state index contributed by atoms with van der Waals surface area (Å²) in [5.41, 5.74) is 0.541. The molecular weight excluding hydrogens is 352 g/mol. The van der Waals surface area contributed by atoms with Crippen LogP contribution in [-0.4, -0.2) is 57.2 Å². The number of halogens is 1. The van der Waals surface area contributed by atoms with Gasteiger partial charge >= 0.3 is 0 Å². The Labute approximate surface area is 157 Å². The maximum atomic E-state index is 13.4. The quantitative estimate of drug-likeness (QED) is 0.824. The van der Waals surface area contributed by atoms with E-state index in [1.54, 1.807) is 11.0 Å². The Balaban J connectivity index is 1.47. The number of piperazine rings is 1. The number of amides is 1. The standard InChI is InChI=1S/C18H23ClN6O/c19-15-4-6-16(7-5-15)23-10-12-24(13-11-23)17(26)18(8-2-1-3-9-18)25-14-20-21-22-25/h4-7,14H,1-3,8-13H2. The van der Waals surface area contributed by atoms with Crippen molar-refractivity contribution in [3.8, 4) is 0 Å². The molecule has 1 amide bonds. The maximum absolute atomic E-state index is 13.4. The summed E-state index contributed by atoms with van der Waals surface area (Å²) in [6.07, 6.45) is 6.46.